The van der Waals surface area contributed by atoms with Crippen LogP contribution in [-0.4, -0.2) is 62.1 Å². The van der Waals surface area contributed by atoms with Crippen molar-refractivity contribution in [3.63, 3.8) is 0 Å². The summed E-state index contributed by atoms with van der Waals surface area (Å²) in [4.78, 5) is 26.5. The van der Waals surface area contributed by atoms with Crippen LogP contribution in [0.2, 0.25) is 13.1 Å². The first kappa shape index (κ1) is 23.9. The molecule has 0 bridgehead atoms. The van der Waals surface area contributed by atoms with Gasteiger partial charge in [-0.05, 0) is 45.2 Å². The fourth-order valence-electron chi connectivity index (χ4n) is 3.38. The Morgan fingerprint density at radius 2 is 1.81 bits per heavy atom. The van der Waals surface area contributed by atoms with Crippen LogP contribution >= 0.6 is 0 Å². The maximum atomic E-state index is 13.0. The standard InChI is InChI=1S/C19H38N2O5Si/c1-17(2,3)13-11-19(26-27(8)9,14(22)10-15(23)20-7)21(12-13)16(24)25-18(4,5)6/h13-14,22,27H,10-12H2,1-9H3,(H,20,23)/t13-,14-,19-/m0/s1. The minimum atomic E-state index is -1.66. The van der Waals surface area contributed by atoms with E-state index >= 15 is 0 Å². The minimum absolute atomic E-state index is 0.0867. The quantitative estimate of drug-likeness (QED) is 0.690. The van der Waals surface area contributed by atoms with Crippen LogP contribution in [0.4, 0.5) is 4.79 Å². The van der Waals surface area contributed by atoms with Gasteiger partial charge in [0, 0.05) is 20.0 Å². The maximum absolute atomic E-state index is 13.0. The zero-order chi connectivity index (χ0) is 21.2. The number of aliphatic hydroxyl groups is 1. The maximum Gasteiger partial charge on any atom is 0.412 e. The summed E-state index contributed by atoms with van der Waals surface area (Å²) in [6.45, 7) is 16.2. The van der Waals surface area contributed by atoms with E-state index in [1.165, 1.54) is 11.9 Å². The summed E-state index contributed by atoms with van der Waals surface area (Å²) in [7, 11) is -0.130. The van der Waals surface area contributed by atoms with Gasteiger partial charge in [-0.15, -0.1) is 0 Å². The van der Waals surface area contributed by atoms with Crippen molar-refractivity contribution in [3.8, 4) is 0 Å². The van der Waals surface area contributed by atoms with Crippen LogP contribution in [-0.2, 0) is 14.0 Å². The number of amides is 2. The van der Waals surface area contributed by atoms with E-state index in [9.17, 15) is 14.7 Å². The summed E-state index contributed by atoms with van der Waals surface area (Å²) in [6, 6.07) is 0. The minimum Gasteiger partial charge on any atom is -0.444 e. The van der Waals surface area contributed by atoms with Gasteiger partial charge in [0.2, 0.25) is 5.91 Å². The van der Waals surface area contributed by atoms with Crippen molar-refractivity contribution < 1.29 is 23.9 Å². The van der Waals surface area contributed by atoms with Crippen molar-refractivity contribution in [3.05, 3.63) is 0 Å². The van der Waals surface area contributed by atoms with E-state index in [0.29, 0.717) is 13.0 Å². The fraction of sp³-hybridized carbons (Fsp3) is 0.895. The molecule has 0 unspecified atom stereocenters. The SMILES string of the molecule is CNC(=O)C[C@H](O)[C@@]1(O[SiH](C)C)C[C@H](C(C)(C)C)CN1C(=O)OC(C)(C)C. The van der Waals surface area contributed by atoms with Crippen LogP contribution in [0.1, 0.15) is 54.4 Å². The van der Waals surface area contributed by atoms with Gasteiger partial charge >= 0.3 is 6.09 Å². The molecule has 0 aromatic heterocycles. The molecule has 2 amide bonds. The Labute approximate surface area is 165 Å². The third kappa shape index (κ3) is 6.19. The highest BCUT2D eigenvalue weighted by Crippen LogP contribution is 2.46. The lowest BCUT2D eigenvalue weighted by Crippen LogP contribution is -2.60. The largest absolute Gasteiger partial charge is 0.444 e. The number of hydrogen-bond acceptors (Lipinski definition) is 5. The van der Waals surface area contributed by atoms with Gasteiger partial charge in [-0.1, -0.05) is 20.8 Å². The summed E-state index contributed by atoms with van der Waals surface area (Å²) in [5.41, 5.74) is -1.99. The number of nitrogens with one attached hydrogen (secondary N) is 1. The highest BCUT2D eigenvalue weighted by atomic mass is 28.3. The van der Waals surface area contributed by atoms with Crippen LogP contribution in [0.25, 0.3) is 0 Å². The lowest BCUT2D eigenvalue weighted by atomic mass is 9.78. The zero-order valence-corrected chi connectivity index (χ0v) is 19.5. The number of hydrogen-bond donors (Lipinski definition) is 2. The highest BCUT2D eigenvalue weighted by Gasteiger charge is 2.57. The molecule has 7 nitrogen and oxygen atoms in total. The van der Waals surface area contributed by atoms with Crippen molar-refractivity contribution in [2.75, 3.05) is 13.6 Å². The molecule has 3 atom stereocenters. The molecule has 1 fully saturated rings. The molecule has 0 aliphatic carbocycles. The lowest BCUT2D eigenvalue weighted by molar-refractivity contribution is -0.150. The molecule has 1 saturated heterocycles. The summed E-state index contributed by atoms with van der Waals surface area (Å²) in [5, 5.41) is 13.6. The Morgan fingerprint density at radius 3 is 2.22 bits per heavy atom. The Bertz CT molecular complexity index is 541. The monoisotopic (exact) mass is 402 g/mol. The van der Waals surface area contributed by atoms with E-state index in [-0.39, 0.29) is 23.7 Å². The van der Waals surface area contributed by atoms with E-state index in [4.69, 9.17) is 9.16 Å². The second-order valence-corrected chi connectivity index (χ2v) is 12.1. The zero-order valence-electron chi connectivity index (χ0n) is 18.4. The highest BCUT2D eigenvalue weighted by molar-refractivity contribution is 6.48. The van der Waals surface area contributed by atoms with Crippen LogP contribution in [0.5, 0.6) is 0 Å². The van der Waals surface area contributed by atoms with E-state index in [1.54, 1.807) is 0 Å². The van der Waals surface area contributed by atoms with Gasteiger partial charge in [-0.3, -0.25) is 9.69 Å². The smallest absolute Gasteiger partial charge is 0.412 e. The second-order valence-electron chi connectivity index (χ2n) is 9.76. The molecule has 0 aromatic rings. The van der Waals surface area contributed by atoms with E-state index in [2.05, 4.69) is 26.1 Å². The molecule has 158 valence electrons. The summed E-state index contributed by atoms with van der Waals surface area (Å²) in [5.74, 6) is -0.184. The van der Waals surface area contributed by atoms with E-state index in [1.807, 2.05) is 33.9 Å². The second kappa shape index (κ2) is 8.49. The van der Waals surface area contributed by atoms with Gasteiger partial charge in [0.05, 0.1) is 6.42 Å². The molecular weight excluding hydrogens is 364 g/mol. The summed E-state index contributed by atoms with van der Waals surface area (Å²) < 4.78 is 11.9. The Morgan fingerprint density at radius 1 is 1.26 bits per heavy atom. The summed E-state index contributed by atoms with van der Waals surface area (Å²) in [6.07, 6.45) is -1.31. The van der Waals surface area contributed by atoms with Crippen LogP contribution < -0.4 is 5.32 Å². The van der Waals surface area contributed by atoms with Gasteiger partial charge in [-0.25, -0.2) is 4.79 Å². The Hall–Kier alpha value is -1.12. The van der Waals surface area contributed by atoms with Crippen molar-refractivity contribution in [2.24, 2.45) is 11.3 Å². The van der Waals surface area contributed by atoms with Crippen molar-refractivity contribution in [1.82, 2.24) is 10.2 Å². The lowest BCUT2D eigenvalue weighted by Gasteiger charge is -2.43. The number of carbonyl (C=O) groups is 2. The molecule has 2 N–H and O–H groups in total. The third-order valence-electron chi connectivity index (χ3n) is 4.86. The van der Waals surface area contributed by atoms with Gasteiger partial charge < -0.3 is 19.6 Å². The predicted octanol–water partition coefficient (Wildman–Crippen LogP) is 2.48. The first-order valence-corrected chi connectivity index (χ1v) is 12.5. The Kier molecular flexibility index (Phi) is 7.52. The van der Waals surface area contributed by atoms with Crippen LogP contribution in [0.15, 0.2) is 0 Å². The molecule has 0 radical (unpaired) electrons. The molecule has 1 rings (SSSR count). The van der Waals surface area contributed by atoms with Crippen molar-refractivity contribution in [2.45, 2.75) is 84.9 Å². The topological polar surface area (TPSA) is 88.1 Å². The van der Waals surface area contributed by atoms with E-state index in [0.717, 1.165) is 0 Å². The molecule has 1 heterocycles. The van der Waals surface area contributed by atoms with Crippen molar-refractivity contribution in [1.29, 1.82) is 0 Å². The number of nitrogens with zero attached hydrogens (tertiary/aromatic N) is 1. The first-order chi connectivity index (χ1) is 12.1. The van der Waals surface area contributed by atoms with Crippen molar-refractivity contribution >= 4 is 21.0 Å². The average Bonchev–Trinajstić information content (AvgIpc) is 2.85. The molecule has 8 heteroatoms. The molecule has 27 heavy (non-hydrogen) atoms. The van der Waals surface area contributed by atoms with Gasteiger partial charge in [0.25, 0.3) is 0 Å². The molecule has 0 spiro atoms. The molecule has 1 aliphatic heterocycles. The predicted molar refractivity (Wildman–Crippen MR) is 108 cm³/mol. The third-order valence-corrected chi connectivity index (χ3v) is 5.73. The van der Waals surface area contributed by atoms with Gasteiger partial charge in [-0.2, -0.15) is 0 Å². The average molecular weight is 403 g/mol. The summed E-state index contributed by atoms with van der Waals surface area (Å²) >= 11 is 0. The number of aliphatic hydroxyl groups excluding tert-OH is 1. The first-order valence-electron chi connectivity index (χ1n) is 9.69. The molecule has 0 saturated carbocycles. The van der Waals surface area contributed by atoms with Crippen LogP contribution in [0.3, 0.4) is 0 Å². The number of likely N-dealkylation sites (tertiary alicyclic amines) is 1. The number of rotatable bonds is 5. The van der Waals surface area contributed by atoms with Gasteiger partial charge in [0.15, 0.2) is 14.8 Å². The normalized spacial score (nSPS) is 24.9. The van der Waals surface area contributed by atoms with E-state index < -0.39 is 32.6 Å². The molecule has 0 aromatic carbocycles. The molecule has 1 aliphatic rings. The van der Waals surface area contributed by atoms with Gasteiger partial charge in [0.1, 0.15) is 11.7 Å². The fourth-order valence-corrected chi connectivity index (χ4v) is 4.58. The number of ether oxygens (including phenoxy) is 1. The molecular formula is C19H38N2O5Si. The van der Waals surface area contributed by atoms with Crippen LogP contribution in [0, 0.1) is 11.3 Å². The Balaban J connectivity index is 3.36. The number of carbonyl (C=O) groups excluding carboxylic acids is 2.